The topological polar surface area (TPSA) is 63.9 Å². The van der Waals surface area contributed by atoms with Crippen LogP contribution < -0.4 is 10.5 Å². The van der Waals surface area contributed by atoms with Crippen LogP contribution in [0.15, 0.2) is 17.2 Å². The molecule has 0 spiro atoms. The van der Waals surface area contributed by atoms with Gasteiger partial charge in [-0.25, -0.2) is 14.6 Å². The second kappa shape index (κ2) is 7.64. The number of anilines is 1. The molecule has 3 heterocycles. The molecule has 0 atom stereocenters. The smallest absolute Gasteiger partial charge is 0.267 e. The molecule has 2 aromatic heterocycles. The van der Waals surface area contributed by atoms with E-state index < -0.39 is 0 Å². The van der Waals surface area contributed by atoms with Gasteiger partial charge in [-0.2, -0.15) is 5.10 Å². The molecular formula is C22H29N5O. The van der Waals surface area contributed by atoms with E-state index in [1.54, 1.807) is 11.0 Å². The van der Waals surface area contributed by atoms with Gasteiger partial charge in [0.15, 0.2) is 0 Å². The third-order valence-electron chi connectivity index (χ3n) is 6.72. The van der Waals surface area contributed by atoms with Gasteiger partial charge in [-0.15, -0.1) is 0 Å². The lowest BCUT2D eigenvalue weighted by atomic mass is 9.96. The highest BCUT2D eigenvalue weighted by atomic mass is 16.1. The lowest BCUT2D eigenvalue weighted by molar-refractivity contribution is 0.332. The van der Waals surface area contributed by atoms with E-state index in [-0.39, 0.29) is 5.56 Å². The Labute approximate surface area is 166 Å². The van der Waals surface area contributed by atoms with Gasteiger partial charge in [0.2, 0.25) is 0 Å². The minimum atomic E-state index is 0.0733. The summed E-state index contributed by atoms with van der Waals surface area (Å²) in [5.74, 6) is 1.68. The number of hydrogen-bond donors (Lipinski definition) is 0. The fraction of sp³-hybridized carbons (Fsp3) is 0.636. The predicted molar refractivity (Wildman–Crippen MR) is 109 cm³/mol. The zero-order valence-corrected chi connectivity index (χ0v) is 16.6. The van der Waals surface area contributed by atoms with Gasteiger partial charge in [-0.05, 0) is 69.3 Å². The lowest BCUT2D eigenvalue weighted by Crippen LogP contribution is -2.38. The van der Waals surface area contributed by atoms with E-state index in [1.807, 2.05) is 6.07 Å². The second-order valence-corrected chi connectivity index (χ2v) is 8.60. The van der Waals surface area contributed by atoms with E-state index >= 15 is 0 Å². The molecule has 0 aromatic carbocycles. The van der Waals surface area contributed by atoms with Crippen LogP contribution in [0.25, 0.3) is 0 Å². The first-order chi connectivity index (χ1) is 13.8. The standard InChI is InChI=1S/C22H29N5O/c28-21-13-17-5-4-8-19(17)25-27(21)14-16-9-11-26(12-10-16)22-18-6-2-1-3-7-20(18)23-15-24-22/h13,15-16H,1-12,14H2. The van der Waals surface area contributed by atoms with Gasteiger partial charge in [-0.3, -0.25) is 4.79 Å². The molecule has 2 aliphatic carbocycles. The molecule has 3 aliphatic rings. The van der Waals surface area contributed by atoms with Crippen molar-refractivity contribution in [2.45, 2.75) is 70.8 Å². The van der Waals surface area contributed by atoms with E-state index in [4.69, 9.17) is 0 Å². The molecule has 2 aromatic rings. The highest BCUT2D eigenvalue weighted by molar-refractivity contribution is 5.49. The summed E-state index contributed by atoms with van der Waals surface area (Å²) in [7, 11) is 0. The third-order valence-corrected chi connectivity index (χ3v) is 6.72. The van der Waals surface area contributed by atoms with Crippen molar-refractivity contribution < 1.29 is 0 Å². The van der Waals surface area contributed by atoms with Crippen molar-refractivity contribution in [3.8, 4) is 0 Å². The van der Waals surface area contributed by atoms with Gasteiger partial charge < -0.3 is 4.90 Å². The molecule has 6 heteroatoms. The van der Waals surface area contributed by atoms with Crippen LogP contribution in [0.5, 0.6) is 0 Å². The maximum atomic E-state index is 12.4. The molecule has 1 aliphatic heterocycles. The third kappa shape index (κ3) is 3.45. The Morgan fingerprint density at radius 1 is 0.929 bits per heavy atom. The van der Waals surface area contributed by atoms with E-state index in [0.717, 1.165) is 76.1 Å². The molecule has 0 unspecified atom stereocenters. The minimum absolute atomic E-state index is 0.0733. The van der Waals surface area contributed by atoms with Crippen molar-refractivity contribution in [3.05, 3.63) is 45.3 Å². The maximum Gasteiger partial charge on any atom is 0.267 e. The van der Waals surface area contributed by atoms with Crippen molar-refractivity contribution in [1.82, 2.24) is 19.7 Å². The minimum Gasteiger partial charge on any atom is -0.356 e. The second-order valence-electron chi connectivity index (χ2n) is 8.60. The van der Waals surface area contributed by atoms with Gasteiger partial charge in [0, 0.05) is 37.0 Å². The molecule has 1 fully saturated rings. The van der Waals surface area contributed by atoms with E-state index in [2.05, 4.69) is 20.0 Å². The van der Waals surface area contributed by atoms with Gasteiger partial charge in [-0.1, -0.05) is 6.42 Å². The molecule has 0 N–H and O–H groups in total. The molecular weight excluding hydrogens is 350 g/mol. The van der Waals surface area contributed by atoms with E-state index in [0.29, 0.717) is 5.92 Å². The Morgan fingerprint density at radius 3 is 2.64 bits per heavy atom. The molecule has 0 bridgehead atoms. The highest BCUT2D eigenvalue weighted by Crippen LogP contribution is 2.30. The first-order valence-electron chi connectivity index (χ1n) is 11.0. The zero-order valence-electron chi connectivity index (χ0n) is 16.6. The Hall–Kier alpha value is -2.24. The first-order valence-corrected chi connectivity index (χ1v) is 11.0. The molecule has 0 radical (unpaired) electrons. The monoisotopic (exact) mass is 379 g/mol. The number of fused-ring (bicyclic) bond motifs is 2. The Kier molecular flexibility index (Phi) is 4.87. The van der Waals surface area contributed by atoms with Crippen LogP contribution in [-0.4, -0.2) is 32.8 Å². The van der Waals surface area contributed by atoms with Crippen LogP contribution in [0.2, 0.25) is 0 Å². The van der Waals surface area contributed by atoms with E-state index in [1.165, 1.54) is 36.1 Å². The summed E-state index contributed by atoms with van der Waals surface area (Å²) in [6.45, 7) is 2.77. The fourth-order valence-corrected chi connectivity index (χ4v) is 5.10. The molecule has 6 nitrogen and oxygen atoms in total. The summed E-state index contributed by atoms with van der Waals surface area (Å²) >= 11 is 0. The average molecular weight is 380 g/mol. The molecule has 0 amide bonds. The Balaban J connectivity index is 1.27. The normalized spacial score (nSPS) is 19.9. The van der Waals surface area contributed by atoms with Crippen molar-refractivity contribution in [3.63, 3.8) is 0 Å². The molecule has 5 rings (SSSR count). The number of rotatable bonds is 3. The molecule has 1 saturated heterocycles. The fourth-order valence-electron chi connectivity index (χ4n) is 5.10. The van der Waals surface area contributed by atoms with Crippen LogP contribution in [-0.2, 0) is 32.2 Å². The first kappa shape index (κ1) is 17.8. The highest BCUT2D eigenvalue weighted by Gasteiger charge is 2.25. The summed E-state index contributed by atoms with van der Waals surface area (Å²) in [6, 6.07) is 1.82. The SMILES string of the molecule is O=c1cc2c(nn1CC1CCN(c3ncnc4c3CCCCC4)CC1)CCC2. The number of aromatic nitrogens is 4. The lowest BCUT2D eigenvalue weighted by Gasteiger charge is -2.34. The van der Waals surface area contributed by atoms with Crippen molar-refractivity contribution in [1.29, 1.82) is 0 Å². The number of nitrogens with zero attached hydrogens (tertiary/aromatic N) is 5. The van der Waals surface area contributed by atoms with Crippen LogP contribution in [0.1, 0.15) is 61.0 Å². The average Bonchev–Trinajstić information content (AvgIpc) is 3.02. The summed E-state index contributed by atoms with van der Waals surface area (Å²) in [5.41, 5.74) is 5.03. The van der Waals surface area contributed by atoms with Crippen LogP contribution in [0.3, 0.4) is 0 Å². The largest absolute Gasteiger partial charge is 0.356 e. The summed E-state index contributed by atoms with van der Waals surface area (Å²) < 4.78 is 1.72. The van der Waals surface area contributed by atoms with E-state index in [9.17, 15) is 4.79 Å². The summed E-state index contributed by atoms with van der Waals surface area (Å²) in [4.78, 5) is 24.1. The number of aryl methyl sites for hydroxylation is 3. The van der Waals surface area contributed by atoms with Crippen LogP contribution >= 0.6 is 0 Å². The zero-order chi connectivity index (χ0) is 18.9. The predicted octanol–water partition coefficient (Wildman–Crippen LogP) is 2.71. The maximum absolute atomic E-state index is 12.4. The quantitative estimate of drug-likeness (QED) is 0.767. The Bertz CT molecular complexity index is 914. The molecule has 0 saturated carbocycles. The summed E-state index contributed by atoms with van der Waals surface area (Å²) in [6.07, 6.45) is 13.1. The van der Waals surface area contributed by atoms with Gasteiger partial charge in [0.25, 0.3) is 5.56 Å². The van der Waals surface area contributed by atoms with Gasteiger partial charge >= 0.3 is 0 Å². The Morgan fingerprint density at radius 2 is 1.75 bits per heavy atom. The van der Waals surface area contributed by atoms with Crippen LogP contribution in [0, 0.1) is 5.92 Å². The van der Waals surface area contributed by atoms with Gasteiger partial charge in [0.1, 0.15) is 12.1 Å². The number of piperidine rings is 1. The van der Waals surface area contributed by atoms with Crippen LogP contribution in [0.4, 0.5) is 5.82 Å². The summed E-state index contributed by atoms with van der Waals surface area (Å²) in [5, 5.41) is 4.66. The number of hydrogen-bond acceptors (Lipinski definition) is 5. The molecule has 28 heavy (non-hydrogen) atoms. The van der Waals surface area contributed by atoms with Crippen molar-refractivity contribution in [2.24, 2.45) is 5.92 Å². The van der Waals surface area contributed by atoms with Crippen molar-refractivity contribution >= 4 is 5.82 Å². The van der Waals surface area contributed by atoms with Crippen molar-refractivity contribution in [2.75, 3.05) is 18.0 Å². The van der Waals surface area contributed by atoms with Gasteiger partial charge in [0.05, 0.1) is 5.69 Å². The molecule has 148 valence electrons.